The average Bonchev–Trinajstić information content (AvgIpc) is 3.34. The summed E-state index contributed by atoms with van der Waals surface area (Å²) in [6.07, 6.45) is -5.23. The molecule has 3 N–H and O–H groups in total. The zero-order valence-electron chi connectivity index (χ0n) is 19.2. The number of carbonyl (C=O) groups is 2. The van der Waals surface area contributed by atoms with Crippen molar-refractivity contribution in [1.29, 1.82) is 0 Å². The maximum absolute atomic E-state index is 12.6. The number of halogens is 3. The van der Waals surface area contributed by atoms with Crippen molar-refractivity contribution in [2.45, 2.75) is 32.2 Å². The maximum atomic E-state index is 12.6. The topological polar surface area (TPSA) is 118 Å². The smallest absolute Gasteiger partial charge is 0.406 e. The second kappa shape index (κ2) is 10.1. The van der Waals surface area contributed by atoms with E-state index in [0.717, 1.165) is 16.9 Å². The van der Waals surface area contributed by atoms with Crippen LogP contribution >= 0.6 is 11.3 Å². The van der Waals surface area contributed by atoms with E-state index >= 15 is 0 Å². The number of nitrogens with zero attached hydrogens (tertiary/aromatic N) is 3. The fraction of sp³-hybridized carbons (Fsp3) is 0.304. The highest BCUT2D eigenvalue weighted by Gasteiger charge is 2.31. The Morgan fingerprint density at radius 3 is 2.67 bits per heavy atom. The number of carbonyl (C=O) groups excluding carboxylic acids is 2. The van der Waals surface area contributed by atoms with Gasteiger partial charge in [-0.2, -0.15) is 0 Å². The minimum absolute atomic E-state index is 0.105. The molecule has 0 saturated carbocycles. The van der Waals surface area contributed by atoms with E-state index in [9.17, 15) is 27.9 Å². The van der Waals surface area contributed by atoms with Gasteiger partial charge in [-0.3, -0.25) is 9.59 Å². The zero-order valence-corrected chi connectivity index (χ0v) is 20.0. The summed E-state index contributed by atoms with van der Waals surface area (Å²) in [7, 11) is 1.78. The number of alkyl halides is 3. The number of nitrogens with one attached hydrogen (secondary N) is 2. The number of aliphatic hydroxyl groups is 1. The fourth-order valence-corrected chi connectivity index (χ4v) is 4.38. The number of aromatic nitrogens is 3. The van der Waals surface area contributed by atoms with E-state index in [4.69, 9.17) is 0 Å². The van der Waals surface area contributed by atoms with Crippen molar-refractivity contribution in [1.82, 2.24) is 19.9 Å². The van der Waals surface area contributed by atoms with Crippen molar-refractivity contribution in [2.24, 2.45) is 7.05 Å². The minimum Gasteiger partial charge on any atom is -0.406 e. The minimum atomic E-state index is -4.78. The molecule has 0 unspecified atom stereocenters. The number of hydrogen-bond acceptors (Lipinski definition) is 8. The number of anilines is 2. The average molecular weight is 522 g/mol. The molecule has 0 aliphatic rings. The lowest BCUT2D eigenvalue weighted by atomic mass is 10.1. The van der Waals surface area contributed by atoms with Crippen LogP contribution in [0.5, 0.6) is 5.75 Å². The summed E-state index contributed by atoms with van der Waals surface area (Å²) >= 11 is 1.15. The molecule has 36 heavy (non-hydrogen) atoms. The number of ether oxygens (including phenoxy) is 1. The third kappa shape index (κ3) is 5.91. The van der Waals surface area contributed by atoms with E-state index < -0.39 is 18.4 Å². The number of amides is 1. The van der Waals surface area contributed by atoms with Gasteiger partial charge in [-0.05, 0) is 43.7 Å². The van der Waals surface area contributed by atoms with Gasteiger partial charge in [0.25, 0.3) is 0 Å². The number of imidazole rings is 1. The highest BCUT2D eigenvalue weighted by molar-refractivity contribution is 7.22. The van der Waals surface area contributed by atoms with Crippen molar-refractivity contribution >= 4 is 55.4 Å². The molecule has 0 bridgehead atoms. The number of rotatable bonds is 9. The molecule has 2 heterocycles. The molecule has 2 aromatic heterocycles. The number of thiazole rings is 1. The number of benzene rings is 2. The molecule has 4 rings (SSSR count). The first-order valence-corrected chi connectivity index (χ1v) is 11.7. The summed E-state index contributed by atoms with van der Waals surface area (Å²) in [4.78, 5) is 32.9. The molecule has 0 aliphatic heterocycles. The van der Waals surface area contributed by atoms with Crippen LogP contribution in [0, 0.1) is 0 Å². The second-order valence-electron chi connectivity index (χ2n) is 8.01. The Morgan fingerprint density at radius 1 is 1.17 bits per heavy atom. The molecule has 0 saturated heterocycles. The molecule has 4 aromatic rings. The van der Waals surface area contributed by atoms with Crippen LogP contribution in [-0.2, 0) is 11.8 Å². The first kappa shape index (κ1) is 25.4. The van der Waals surface area contributed by atoms with Crippen LogP contribution < -0.4 is 15.4 Å². The lowest BCUT2D eigenvalue weighted by Crippen LogP contribution is -2.33. The molecule has 1 amide bonds. The number of ketones is 1. The number of aliphatic hydroxyl groups excluding tert-OH is 1. The van der Waals surface area contributed by atoms with E-state index in [-0.39, 0.29) is 24.5 Å². The van der Waals surface area contributed by atoms with Crippen LogP contribution in [0.1, 0.15) is 30.1 Å². The Kier molecular flexibility index (Phi) is 7.13. The molecule has 13 heteroatoms. The maximum Gasteiger partial charge on any atom is 0.573 e. The molecule has 2 aromatic carbocycles. The predicted molar refractivity (Wildman–Crippen MR) is 129 cm³/mol. The van der Waals surface area contributed by atoms with E-state index in [1.807, 2.05) is 0 Å². The molecule has 9 nitrogen and oxygen atoms in total. The van der Waals surface area contributed by atoms with Gasteiger partial charge in [-0.1, -0.05) is 11.3 Å². The van der Waals surface area contributed by atoms with E-state index in [0.29, 0.717) is 38.8 Å². The van der Waals surface area contributed by atoms with Gasteiger partial charge in [0.2, 0.25) is 11.9 Å². The number of fused-ring (bicyclic) bond motifs is 2. The van der Waals surface area contributed by atoms with Gasteiger partial charge in [0.05, 0.1) is 21.3 Å². The fourth-order valence-electron chi connectivity index (χ4n) is 3.49. The van der Waals surface area contributed by atoms with Crippen molar-refractivity contribution in [3.05, 3.63) is 42.0 Å². The summed E-state index contributed by atoms with van der Waals surface area (Å²) in [5, 5.41) is 15.2. The highest BCUT2D eigenvalue weighted by atomic mass is 32.1. The van der Waals surface area contributed by atoms with Gasteiger partial charge in [-0.15, -0.1) is 13.2 Å². The molecular formula is C23H22F3N5O4S. The lowest BCUT2D eigenvalue weighted by Gasteiger charge is -2.07. The van der Waals surface area contributed by atoms with Gasteiger partial charge < -0.3 is 25.0 Å². The Morgan fingerprint density at radius 2 is 1.94 bits per heavy atom. The third-order valence-corrected chi connectivity index (χ3v) is 6.21. The van der Waals surface area contributed by atoms with Gasteiger partial charge in [-0.25, -0.2) is 9.97 Å². The molecule has 0 fully saturated rings. The van der Waals surface area contributed by atoms with Crippen LogP contribution in [-0.4, -0.2) is 50.3 Å². The SMILES string of the molecule is C[C@H](O)C(=O)NCCCC(=O)c1ccc2c(c1)nc(Nc1nc3ccc(OC(F)(F)F)cc3s1)n2C. The summed E-state index contributed by atoms with van der Waals surface area (Å²) < 4.78 is 43.7. The Bertz CT molecular complexity index is 1430. The quantitative estimate of drug-likeness (QED) is 0.222. The number of aryl methyl sites for hydroxylation is 1. The van der Waals surface area contributed by atoms with Crippen LogP contribution in [0.3, 0.4) is 0 Å². The standard InChI is InChI=1S/C23H22F3N5O4S/c1-12(32)20(34)27-9-3-4-18(33)13-5-8-17-16(10-13)28-21(31(17)2)30-22-29-15-7-6-14(11-19(15)36-22)35-23(24,25)26/h5-8,10-12,32H,3-4,9H2,1-2H3,(H,27,34)(H,28,29,30)/t12-/m0/s1. The number of Topliss-reactive ketones (excluding diaryl/α,β-unsaturated/α-hetero) is 1. The Balaban J connectivity index is 1.46. The molecule has 190 valence electrons. The molecule has 0 spiro atoms. The molecule has 0 aliphatic carbocycles. The van der Waals surface area contributed by atoms with Crippen molar-refractivity contribution < 1.29 is 32.6 Å². The van der Waals surface area contributed by atoms with Gasteiger partial charge in [0.1, 0.15) is 11.9 Å². The Labute approximate surface area is 206 Å². The van der Waals surface area contributed by atoms with Crippen molar-refractivity contribution in [3.8, 4) is 5.75 Å². The van der Waals surface area contributed by atoms with E-state index in [1.165, 1.54) is 25.1 Å². The first-order chi connectivity index (χ1) is 17.0. The Hall–Kier alpha value is -3.71. The van der Waals surface area contributed by atoms with Crippen molar-refractivity contribution in [2.75, 3.05) is 11.9 Å². The van der Waals surface area contributed by atoms with Crippen molar-refractivity contribution in [3.63, 3.8) is 0 Å². The summed E-state index contributed by atoms with van der Waals surface area (Å²) in [6, 6.07) is 9.07. The molecule has 1 atom stereocenters. The van der Waals surface area contributed by atoms with Crippen LogP contribution in [0.15, 0.2) is 36.4 Å². The monoisotopic (exact) mass is 521 g/mol. The second-order valence-corrected chi connectivity index (χ2v) is 9.04. The summed E-state index contributed by atoms with van der Waals surface area (Å²) in [6.45, 7) is 1.65. The zero-order chi connectivity index (χ0) is 26.0. The van der Waals surface area contributed by atoms with E-state index in [1.54, 1.807) is 29.8 Å². The molecule has 0 radical (unpaired) electrons. The molecular weight excluding hydrogens is 499 g/mol. The highest BCUT2D eigenvalue weighted by Crippen LogP contribution is 2.33. The van der Waals surface area contributed by atoms with E-state index in [2.05, 4.69) is 25.3 Å². The largest absolute Gasteiger partial charge is 0.573 e. The summed E-state index contributed by atoms with van der Waals surface area (Å²) in [5.74, 6) is -0.469. The van der Waals surface area contributed by atoms with Gasteiger partial charge in [0.15, 0.2) is 10.9 Å². The van der Waals surface area contributed by atoms with Crippen LogP contribution in [0.25, 0.3) is 21.3 Å². The van der Waals surface area contributed by atoms with Crippen LogP contribution in [0.2, 0.25) is 0 Å². The van der Waals surface area contributed by atoms with Crippen LogP contribution in [0.4, 0.5) is 24.3 Å². The lowest BCUT2D eigenvalue weighted by molar-refractivity contribution is -0.274. The van der Waals surface area contributed by atoms with Gasteiger partial charge >= 0.3 is 6.36 Å². The number of hydrogen-bond donors (Lipinski definition) is 3. The normalized spacial score (nSPS) is 12.6. The van der Waals surface area contributed by atoms with Gasteiger partial charge in [0, 0.05) is 31.6 Å². The first-order valence-electron chi connectivity index (χ1n) is 10.9. The summed E-state index contributed by atoms with van der Waals surface area (Å²) in [5.41, 5.74) is 2.33. The predicted octanol–water partition coefficient (Wildman–Crippen LogP) is 4.29. The third-order valence-electron chi connectivity index (χ3n) is 5.27.